The Balaban J connectivity index is 1.95. The molecule has 8 heteroatoms. The van der Waals surface area contributed by atoms with Crippen LogP contribution >= 0.6 is 0 Å². The number of nitrogens with zero attached hydrogens (tertiary/aromatic N) is 2. The number of fused-ring (bicyclic) bond motifs is 3. The molecular weight excluding hydrogens is 410 g/mol. The van der Waals surface area contributed by atoms with Crippen molar-refractivity contribution < 1.29 is 28.2 Å². The molecule has 0 unspecified atom stereocenters. The Morgan fingerprint density at radius 2 is 1.72 bits per heavy atom. The molecule has 170 valence electrons. The lowest BCUT2D eigenvalue weighted by atomic mass is 9.77. The van der Waals surface area contributed by atoms with E-state index in [1.807, 2.05) is 52.0 Å². The summed E-state index contributed by atoms with van der Waals surface area (Å²) < 4.78 is 29.5. The number of hydrogen-bond donors (Lipinski definition) is 0. The van der Waals surface area contributed by atoms with Crippen LogP contribution in [0.2, 0.25) is 0 Å². The molecule has 0 N–H and O–H groups in total. The molecule has 0 amide bonds. The highest BCUT2D eigenvalue weighted by atomic mass is 19.1. The van der Waals surface area contributed by atoms with Crippen molar-refractivity contribution >= 4 is 35.0 Å². The minimum Gasteiger partial charge on any atom is -0.839 e. The summed E-state index contributed by atoms with van der Waals surface area (Å²) in [5.74, 6) is -0.606. The largest absolute Gasteiger partial charge is 0.839 e. The van der Waals surface area contributed by atoms with Crippen LogP contribution in [0.15, 0.2) is 30.5 Å². The van der Waals surface area contributed by atoms with E-state index in [0.717, 1.165) is 36.5 Å². The lowest BCUT2D eigenvalue weighted by Gasteiger charge is -2.32. The molecule has 1 aliphatic heterocycles. The summed E-state index contributed by atoms with van der Waals surface area (Å²) in [6.45, 7) is 10.4. The van der Waals surface area contributed by atoms with Crippen molar-refractivity contribution in [2.24, 2.45) is 0 Å². The average Bonchev–Trinajstić information content (AvgIpc) is 3.13. The van der Waals surface area contributed by atoms with E-state index in [-0.39, 0.29) is 0 Å². The van der Waals surface area contributed by atoms with E-state index < -0.39 is 35.9 Å². The van der Waals surface area contributed by atoms with E-state index in [0.29, 0.717) is 17.7 Å². The Bertz CT molecular complexity index is 1170. The third-order valence-electron chi connectivity index (χ3n) is 6.85. The van der Waals surface area contributed by atoms with Crippen molar-refractivity contribution in [1.29, 1.82) is 0 Å². The third kappa shape index (κ3) is 3.59. The van der Waals surface area contributed by atoms with Gasteiger partial charge in [-0.25, -0.2) is 4.57 Å². The normalized spacial score (nSPS) is 17.5. The molecule has 0 atom stereocenters. The van der Waals surface area contributed by atoms with Gasteiger partial charge in [-0.3, -0.25) is 4.79 Å². The minimum absolute atomic E-state index is 0.426. The summed E-state index contributed by atoms with van der Waals surface area (Å²) in [5, 5.41) is 14.7. The zero-order valence-electron chi connectivity index (χ0n) is 19.4. The number of carbonyl (C=O) groups excluding carboxylic acids is 1. The number of aryl methyl sites for hydroxylation is 1. The maximum atomic E-state index is 14.1. The Kier molecular flexibility index (Phi) is 5.80. The van der Waals surface area contributed by atoms with Gasteiger partial charge in [-0.1, -0.05) is 38.0 Å². The Hall–Kier alpha value is -2.45. The van der Waals surface area contributed by atoms with E-state index in [4.69, 9.17) is 9.31 Å². The Morgan fingerprint density at radius 1 is 1.09 bits per heavy atom. The van der Waals surface area contributed by atoms with Crippen LogP contribution in [0.4, 0.5) is 4.39 Å². The summed E-state index contributed by atoms with van der Waals surface area (Å²) >= 11 is 0. The molecule has 32 heavy (non-hydrogen) atoms. The van der Waals surface area contributed by atoms with Crippen molar-refractivity contribution in [3.05, 3.63) is 36.2 Å². The number of hydrogen-bond acceptors (Lipinski definition) is 4. The van der Waals surface area contributed by atoms with Crippen molar-refractivity contribution in [3.8, 4) is 5.88 Å². The predicted octanol–water partition coefficient (Wildman–Crippen LogP) is 3.44. The summed E-state index contributed by atoms with van der Waals surface area (Å²) in [6.07, 6.45) is 5.49. The maximum absolute atomic E-state index is 14.1. The second kappa shape index (κ2) is 8.16. The number of pyridine rings is 1. The van der Waals surface area contributed by atoms with Crippen molar-refractivity contribution in [2.75, 3.05) is 0 Å². The molecule has 3 aromatic rings. The first-order valence-electron chi connectivity index (χ1n) is 11.3. The van der Waals surface area contributed by atoms with E-state index >= 15 is 0 Å². The Morgan fingerprint density at radius 3 is 2.31 bits per heavy atom. The van der Waals surface area contributed by atoms with Crippen LogP contribution in [0, 0.1) is 0 Å². The molecule has 2 aromatic heterocycles. The van der Waals surface area contributed by atoms with Crippen LogP contribution in [-0.2, 0) is 15.9 Å². The highest BCUT2D eigenvalue weighted by molar-refractivity contribution is 6.65. The number of unbranched alkanes of at least 4 members (excludes halogenated alkanes) is 3. The average molecular weight is 440 g/mol. The van der Waals surface area contributed by atoms with Gasteiger partial charge in [0.2, 0.25) is 5.69 Å². The molecule has 1 fully saturated rings. The van der Waals surface area contributed by atoms with Crippen LogP contribution in [0.3, 0.4) is 0 Å². The molecule has 1 saturated heterocycles. The zero-order valence-corrected chi connectivity index (χ0v) is 19.4. The molecule has 0 spiro atoms. The van der Waals surface area contributed by atoms with E-state index in [2.05, 4.69) is 6.92 Å². The smallest absolute Gasteiger partial charge is 0.499 e. The lowest BCUT2D eigenvalue weighted by Crippen LogP contribution is -2.41. The number of imidazole rings is 1. The summed E-state index contributed by atoms with van der Waals surface area (Å²) in [7, 11) is -0.715. The van der Waals surface area contributed by atoms with Gasteiger partial charge in [0.1, 0.15) is 5.88 Å². The van der Waals surface area contributed by atoms with Gasteiger partial charge in [-0.2, -0.15) is 8.79 Å². The molecule has 1 aromatic carbocycles. The van der Waals surface area contributed by atoms with Gasteiger partial charge in [0.05, 0.1) is 29.3 Å². The van der Waals surface area contributed by atoms with Gasteiger partial charge in [-0.15, -0.1) is 0 Å². The van der Waals surface area contributed by atoms with E-state index in [9.17, 15) is 14.3 Å². The second-order valence-corrected chi connectivity index (χ2v) is 9.55. The molecule has 0 aliphatic carbocycles. The van der Waals surface area contributed by atoms with Gasteiger partial charge >= 0.3 is 13.2 Å². The molecule has 0 saturated carbocycles. The minimum atomic E-state index is -1.74. The van der Waals surface area contributed by atoms with Crippen LogP contribution in [0.1, 0.15) is 70.8 Å². The predicted molar refractivity (Wildman–Crippen MR) is 120 cm³/mol. The standard InChI is InChI=1S/C24H30BFN2O4/c1-6-7-8-11-14-27-21-17-13-10-9-12-16(17)18(15-28(21)19(20(26)29)22(27)30)25-31-23(2,3)24(4,5)32-25/h9-10,12-13,15H,6-8,11,14H2,1-5H3. The second-order valence-electron chi connectivity index (χ2n) is 9.55. The number of carbonyl (C=O) groups is 1. The van der Waals surface area contributed by atoms with Gasteiger partial charge in [0.25, 0.3) is 5.65 Å². The maximum Gasteiger partial charge on any atom is 0.499 e. The van der Waals surface area contributed by atoms with Crippen LogP contribution < -0.4 is 15.1 Å². The molecule has 3 heterocycles. The molecular formula is C24H30BFN2O4. The monoisotopic (exact) mass is 440 g/mol. The van der Waals surface area contributed by atoms with Gasteiger partial charge < -0.3 is 14.4 Å². The fourth-order valence-electron chi connectivity index (χ4n) is 4.34. The SMILES string of the molecule is CCCCCC[n+]1c([O-])c(C(=O)F)n2cc(B3OC(C)(C)C(C)(C)O3)c3ccccc3c21. The molecule has 6 nitrogen and oxygen atoms in total. The molecule has 1 aliphatic rings. The van der Waals surface area contributed by atoms with Gasteiger partial charge in [0.15, 0.2) is 0 Å². The van der Waals surface area contributed by atoms with Gasteiger partial charge in [0, 0.05) is 5.46 Å². The first-order chi connectivity index (χ1) is 15.1. The first-order valence-corrected chi connectivity index (χ1v) is 11.3. The van der Waals surface area contributed by atoms with Crippen molar-refractivity contribution in [2.45, 2.75) is 78.0 Å². The highest BCUT2D eigenvalue weighted by Gasteiger charge is 2.52. The van der Waals surface area contributed by atoms with Crippen LogP contribution in [-0.4, -0.2) is 28.8 Å². The highest BCUT2D eigenvalue weighted by Crippen LogP contribution is 2.37. The fourth-order valence-corrected chi connectivity index (χ4v) is 4.34. The topological polar surface area (TPSA) is 66.9 Å². The lowest BCUT2D eigenvalue weighted by molar-refractivity contribution is -0.711. The summed E-state index contributed by atoms with van der Waals surface area (Å²) in [6, 6.07) is 5.85. The van der Waals surface area contributed by atoms with Gasteiger partial charge in [-0.05, 0) is 52.0 Å². The fraction of sp³-hybridized carbons (Fsp3) is 0.500. The number of benzene rings is 1. The number of halogens is 1. The van der Waals surface area contributed by atoms with Crippen molar-refractivity contribution in [3.63, 3.8) is 0 Å². The Labute approximate surface area is 188 Å². The van der Waals surface area contributed by atoms with E-state index in [1.54, 1.807) is 6.20 Å². The third-order valence-corrected chi connectivity index (χ3v) is 6.85. The molecule has 4 rings (SSSR count). The molecule has 0 bridgehead atoms. The van der Waals surface area contributed by atoms with E-state index in [1.165, 1.54) is 8.97 Å². The number of aromatic nitrogens is 2. The zero-order chi connectivity index (χ0) is 23.3. The quantitative estimate of drug-likeness (QED) is 0.244. The van der Waals surface area contributed by atoms with Crippen LogP contribution in [0.25, 0.3) is 16.4 Å². The summed E-state index contributed by atoms with van der Waals surface area (Å²) in [4.78, 5) is 11.9. The number of rotatable bonds is 7. The van der Waals surface area contributed by atoms with Crippen LogP contribution in [0.5, 0.6) is 5.88 Å². The van der Waals surface area contributed by atoms with Crippen molar-refractivity contribution in [1.82, 2.24) is 4.40 Å². The molecule has 0 radical (unpaired) electrons. The first kappa shape index (κ1) is 22.7. The summed E-state index contributed by atoms with van der Waals surface area (Å²) in [5.41, 5.74) is -0.442.